The molecule has 2 aromatic carbocycles. The van der Waals surface area contributed by atoms with E-state index in [0.29, 0.717) is 5.56 Å². The van der Waals surface area contributed by atoms with Gasteiger partial charge in [-0.15, -0.1) is 0 Å². The van der Waals surface area contributed by atoms with Gasteiger partial charge in [0.2, 0.25) is 0 Å². The maximum Gasteiger partial charge on any atom is 0.345 e. The number of rotatable bonds is 7. The monoisotopic (exact) mass is 365 g/mol. The molecule has 2 aromatic rings. The number of ether oxygens (including phenoxy) is 4. The Labute approximate surface area is 148 Å². The van der Waals surface area contributed by atoms with E-state index < -0.39 is 22.4 Å². The smallest absolute Gasteiger partial charge is 0.345 e. The number of nitro benzene ring substituents is 1. The lowest BCUT2D eigenvalue weighted by atomic mass is 10.1. The predicted molar refractivity (Wildman–Crippen MR) is 88.3 cm³/mol. The highest BCUT2D eigenvalue weighted by Gasteiger charge is 2.25. The van der Waals surface area contributed by atoms with Gasteiger partial charge in [0.05, 0.1) is 32.3 Å². The predicted octanol–water partition coefficient (Wildman–Crippen LogP) is 3.12. The van der Waals surface area contributed by atoms with E-state index in [4.69, 9.17) is 18.9 Å². The molecule has 0 aliphatic heterocycles. The number of nitrogens with zero attached hydrogens (tertiary/aromatic N) is 1. The second kappa shape index (κ2) is 8.15. The summed E-state index contributed by atoms with van der Waals surface area (Å²) in [6.45, 7) is -0.273. The van der Waals surface area contributed by atoms with Crippen molar-refractivity contribution in [2.75, 3.05) is 21.3 Å². The normalized spacial score (nSPS) is 10.2. The second-order valence-corrected chi connectivity index (χ2v) is 5.03. The molecule has 0 bridgehead atoms. The fourth-order valence-corrected chi connectivity index (χ4v) is 2.21. The van der Waals surface area contributed by atoms with E-state index >= 15 is 0 Å². The van der Waals surface area contributed by atoms with Crippen molar-refractivity contribution < 1.29 is 33.1 Å². The second-order valence-electron chi connectivity index (χ2n) is 5.03. The van der Waals surface area contributed by atoms with Crippen LogP contribution in [-0.4, -0.2) is 32.2 Å². The van der Waals surface area contributed by atoms with Gasteiger partial charge in [0, 0.05) is 6.07 Å². The van der Waals surface area contributed by atoms with Gasteiger partial charge in [-0.25, -0.2) is 9.18 Å². The van der Waals surface area contributed by atoms with Crippen LogP contribution < -0.4 is 14.2 Å². The van der Waals surface area contributed by atoms with Crippen molar-refractivity contribution in [3.8, 4) is 17.2 Å². The van der Waals surface area contributed by atoms with Crippen LogP contribution in [0.25, 0.3) is 0 Å². The highest BCUT2D eigenvalue weighted by atomic mass is 19.1. The van der Waals surface area contributed by atoms with Crippen LogP contribution in [0.1, 0.15) is 15.9 Å². The summed E-state index contributed by atoms with van der Waals surface area (Å²) in [6.07, 6.45) is 0. The average Bonchev–Trinajstić information content (AvgIpc) is 2.64. The molecule has 0 spiro atoms. The van der Waals surface area contributed by atoms with E-state index in [2.05, 4.69) is 0 Å². The zero-order chi connectivity index (χ0) is 19.3. The van der Waals surface area contributed by atoms with Crippen LogP contribution in [0.3, 0.4) is 0 Å². The molecule has 0 saturated carbocycles. The fourth-order valence-electron chi connectivity index (χ4n) is 2.21. The number of esters is 1. The van der Waals surface area contributed by atoms with Gasteiger partial charge in [-0.2, -0.15) is 0 Å². The molecule has 138 valence electrons. The maximum atomic E-state index is 13.7. The van der Waals surface area contributed by atoms with E-state index in [1.165, 1.54) is 33.5 Å². The Kier molecular flexibility index (Phi) is 5.94. The SMILES string of the molecule is COc1ccc(COC(=O)c2cc(OC)c(OC)cc2[N+](=O)[O-])cc1F. The van der Waals surface area contributed by atoms with Crippen LogP contribution in [0.4, 0.5) is 10.1 Å². The maximum absolute atomic E-state index is 13.7. The van der Waals surface area contributed by atoms with Crippen LogP contribution in [-0.2, 0) is 11.3 Å². The zero-order valence-corrected chi connectivity index (χ0v) is 14.3. The number of methoxy groups -OCH3 is 3. The molecule has 0 heterocycles. The molecule has 0 aliphatic rings. The van der Waals surface area contributed by atoms with Crippen molar-refractivity contribution >= 4 is 11.7 Å². The molecule has 0 aliphatic carbocycles. The number of carbonyl (C=O) groups excluding carboxylic acids is 1. The third kappa shape index (κ3) is 4.00. The number of carbonyl (C=O) groups is 1. The highest BCUT2D eigenvalue weighted by molar-refractivity contribution is 5.95. The highest BCUT2D eigenvalue weighted by Crippen LogP contribution is 2.35. The molecule has 2 rings (SSSR count). The van der Waals surface area contributed by atoms with Crippen molar-refractivity contribution in [1.82, 2.24) is 0 Å². The molecule has 26 heavy (non-hydrogen) atoms. The summed E-state index contributed by atoms with van der Waals surface area (Å²) >= 11 is 0. The van der Waals surface area contributed by atoms with Gasteiger partial charge in [0.15, 0.2) is 23.1 Å². The number of nitro groups is 1. The van der Waals surface area contributed by atoms with Crippen LogP contribution in [0.5, 0.6) is 17.2 Å². The molecule has 0 amide bonds. The van der Waals surface area contributed by atoms with Gasteiger partial charge in [0.1, 0.15) is 12.2 Å². The van der Waals surface area contributed by atoms with Crippen LogP contribution >= 0.6 is 0 Å². The van der Waals surface area contributed by atoms with Crippen LogP contribution in [0.15, 0.2) is 30.3 Å². The number of hydrogen-bond donors (Lipinski definition) is 0. The van der Waals surface area contributed by atoms with Gasteiger partial charge in [0.25, 0.3) is 5.69 Å². The molecular weight excluding hydrogens is 349 g/mol. The van der Waals surface area contributed by atoms with E-state index in [0.717, 1.165) is 18.2 Å². The minimum absolute atomic E-state index is 0.0515. The van der Waals surface area contributed by atoms with Crippen molar-refractivity contribution in [3.05, 3.63) is 57.4 Å². The number of benzene rings is 2. The van der Waals surface area contributed by atoms with Gasteiger partial charge in [-0.1, -0.05) is 6.07 Å². The van der Waals surface area contributed by atoms with E-state index in [1.54, 1.807) is 0 Å². The fraction of sp³-hybridized carbons (Fsp3) is 0.235. The van der Waals surface area contributed by atoms with E-state index in [9.17, 15) is 19.3 Å². The lowest BCUT2D eigenvalue weighted by molar-refractivity contribution is -0.385. The molecule has 0 saturated heterocycles. The largest absolute Gasteiger partial charge is 0.494 e. The summed E-state index contributed by atoms with van der Waals surface area (Å²) in [7, 11) is 3.98. The summed E-state index contributed by atoms with van der Waals surface area (Å²) < 4.78 is 33.6. The lowest BCUT2D eigenvalue weighted by Gasteiger charge is -2.11. The number of halogens is 1. The Balaban J connectivity index is 2.25. The Hall–Kier alpha value is -3.36. The first-order valence-corrected chi connectivity index (χ1v) is 7.31. The third-order valence-electron chi connectivity index (χ3n) is 3.50. The topological polar surface area (TPSA) is 97.1 Å². The van der Waals surface area contributed by atoms with Crippen LogP contribution in [0.2, 0.25) is 0 Å². The van der Waals surface area contributed by atoms with Gasteiger partial charge in [-0.05, 0) is 17.7 Å². The quantitative estimate of drug-likeness (QED) is 0.422. The van der Waals surface area contributed by atoms with Crippen molar-refractivity contribution in [1.29, 1.82) is 0 Å². The van der Waals surface area contributed by atoms with Crippen molar-refractivity contribution in [2.24, 2.45) is 0 Å². The Morgan fingerprint density at radius 3 is 2.19 bits per heavy atom. The van der Waals surface area contributed by atoms with Crippen molar-refractivity contribution in [3.63, 3.8) is 0 Å². The summed E-state index contributed by atoms with van der Waals surface area (Å²) in [6, 6.07) is 6.28. The average molecular weight is 365 g/mol. The zero-order valence-electron chi connectivity index (χ0n) is 14.3. The third-order valence-corrected chi connectivity index (χ3v) is 3.50. The summed E-state index contributed by atoms with van der Waals surface area (Å²) in [5.74, 6) is -1.27. The summed E-state index contributed by atoms with van der Waals surface area (Å²) in [4.78, 5) is 22.8. The van der Waals surface area contributed by atoms with Crippen molar-refractivity contribution in [2.45, 2.75) is 6.61 Å². The van der Waals surface area contributed by atoms with E-state index in [1.807, 2.05) is 0 Å². The molecule has 0 N–H and O–H groups in total. The molecule has 0 atom stereocenters. The molecule has 0 aromatic heterocycles. The standard InChI is InChI=1S/C17H16FNO7/c1-23-14-5-4-10(6-12(14)18)9-26-17(20)11-7-15(24-2)16(25-3)8-13(11)19(21)22/h4-8H,9H2,1-3H3. The molecule has 0 radical (unpaired) electrons. The number of hydrogen-bond acceptors (Lipinski definition) is 7. The first-order valence-electron chi connectivity index (χ1n) is 7.31. The Morgan fingerprint density at radius 2 is 1.65 bits per heavy atom. The van der Waals surface area contributed by atoms with Gasteiger partial charge < -0.3 is 18.9 Å². The first-order chi connectivity index (χ1) is 12.4. The van der Waals surface area contributed by atoms with Gasteiger partial charge >= 0.3 is 5.97 Å². The molecular formula is C17H16FNO7. The Bertz CT molecular complexity index is 838. The summed E-state index contributed by atoms with van der Waals surface area (Å²) in [5, 5.41) is 11.2. The van der Waals surface area contributed by atoms with Gasteiger partial charge in [-0.3, -0.25) is 10.1 Å². The molecule has 9 heteroatoms. The summed E-state index contributed by atoms with van der Waals surface area (Å²) in [5.41, 5.74) is -0.435. The Morgan fingerprint density at radius 1 is 1.04 bits per heavy atom. The van der Waals surface area contributed by atoms with Crippen LogP contribution in [0, 0.1) is 15.9 Å². The molecule has 8 nitrogen and oxygen atoms in total. The molecule has 0 unspecified atom stereocenters. The van der Waals surface area contributed by atoms with E-state index in [-0.39, 0.29) is 29.4 Å². The minimum atomic E-state index is -0.950. The minimum Gasteiger partial charge on any atom is -0.494 e. The molecule has 0 fully saturated rings. The lowest BCUT2D eigenvalue weighted by Crippen LogP contribution is -2.09. The first kappa shape index (κ1) is 19.0.